The van der Waals surface area contributed by atoms with E-state index in [0.29, 0.717) is 0 Å². The molecule has 0 amide bonds. The lowest BCUT2D eigenvalue weighted by Gasteiger charge is -2.37. The number of hydrogen-bond acceptors (Lipinski definition) is 3. The Bertz CT molecular complexity index is 143. The molecule has 1 aliphatic heterocycles. The van der Waals surface area contributed by atoms with Gasteiger partial charge in [0.2, 0.25) is 0 Å². The maximum absolute atomic E-state index is 10.0. The molecule has 4 heteroatoms. The summed E-state index contributed by atoms with van der Waals surface area (Å²) < 4.78 is 4.52. The van der Waals surface area contributed by atoms with Gasteiger partial charge in [0.05, 0.1) is 0 Å². The van der Waals surface area contributed by atoms with Crippen LogP contribution in [0.4, 0.5) is 4.79 Å². The van der Waals surface area contributed by atoms with Crippen molar-refractivity contribution in [1.29, 1.82) is 0 Å². The van der Waals surface area contributed by atoms with E-state index < -0.39 is 6.16 Å². The number of likely N-dealkylation sites (tertiary alicyclic amines) is 1. The van der Waals surface area contributed by atoms with Gasteiger partial charge in [0.1, 0.15) is 6.10 Å². The first-order valence-electron chi connectivity index (χ1n) is 3.63. The van der Waals surface area contributed by atoms with Crippen molar-refractivity contribution in [2.75, 3.05) is 19.6 Å². The predicted molar refractivity (Wildman–Crippen MR) is 39.3 cm³/mol. The van der Waals surface area contributed by atoms with E-state index in [0.717, 1.165) is 26.1 Å². The molecular formula is C7H12NO3. The van der Waals surface area contributed by atoms with Crippen molar-refractivity contribution >= 4 is 6.16 Å². The second kappa shape index (κ2) is 3.57. The van der Waals surface area contributed by atoms with Gasteiger partial charge in [-0.15, -0.1) is 0 Å². The molecule has 0 saturated carbocycles. The molecule has 1 fully saturated rings. The van der Waals surface area contributed by atoms with Crippen LogP contribution >= 0.6 is 0 Å². The highest BCUT2D eigenvalue weighted by molar-refractivity contribution is 5.57. The van der Waals surface area contributed by atoms with E-state index in [1.54, 1.807) is 0 Å². The normalized spacial score (nSPS) is 19.4. The summed E-state index contributed by atoms with van der Waals surface area (Å²) in [6.45, 7) is 6.07. The zero-order valence-electron chi connectivity index (χ0n) is 6.32. The van der Waals surface area contributed by atoms with E-state index in [4.69, 9.17) is 5.11 Å². The second-order valence-corrected chi connectivity index (χ2v) is 2.62. The van der Waals surface area contributed by atoms with Gasteiger partial charge >= 0.3 is 6.16 Å². The fourth-order valence-electron chi connectivity index (χ4n) is 1.15. The van der Waals surface area contributed by atoms with Gasteiger partial charge in [0.15, 0.2) is 0 Å². The van der Waals surface area contributed by atoms with Crippen LogP contribution in [0.25, 0.3) is 0 Å². The molecule has 0 aromatic rings. The Hall–Kier alpha value is -0.770. The lowest BCUT2D eigenvalue weighted by Crippen LogP contribution is -2.52. The van der Waals surface area contributed by atoms with Crippen molar-refractivity contribution in [3.63, 3.8) is 0 Å². The van der Waals surface area contributed by atoms with Crippen molar-refractivity contribution in [3.05, 3.63) is 6.92 Å². The van der Waals surface area contributed by atoms with Crippen LogP contribution in [0.1, 0.15) is 6.42 Å². The highest BCUT2D eigenvalue weighted by Gasteiger charge is 2.28. The van der Waals surface area contributed by atoms with Gasteiger partial charge in [0.25, 0.3) is 0 Å². The van der Waals surface area contributed by atoms with E-state index >= 15 is 0 Å². The summed E-state index contributed by atoms with van der Waals surface area (Å²) in [7, 11) is 0. The average Bonchev–Trinajstić information content (AvgIpc) is 1.82. The Kier molecular flexibility index (Phi) is 2.70. The topological polar surface area (TPSA) is 49.8 Å². The van der Waals surface area contributed by atoms with Crippen LogP contribution in [0.3, 0.4) is 0 Å². The minimum absolute atomic E-state index is 0.112. The largest absolute Gasteiger partial charge is 0.506 e. The first kappa shape index (κ1) is 8.33. The Morgan fingerprint density at radius 3 is 2.82 bits per heavy atom. The van der Waals surface area contributed by atoms with Gasteiger partial charge < -0.3 is 9.84 Å². The number of carboxylic acid groups (broad SMARTS) is 1. The Morgan fingerprint density at radius 1 is 1.73 bits per heavy atom. The smallest absolute Gasteiger partial charge is 0.450 e. The Labute approximate surface area is 65.8 Å². The summed E-state index contributed by atoms with van der Waals surface area (Å²) >= 11 is 0. The number of carbonyl (C=O) groups is 1. The Balaban J connectivity index is 2.04. The summed E-state index contributed by atoms with van der Waals surface area (Å²) in [5.74, 6) is 0. The van der Waals surface area contributed by atoms with Crippen LogP contribution in [0.5, 0.6) is 0 Å². The van der Waals surface area contributed by atoms with Crippen LogP contribution in [0.15, 0.2) is 0 Å². The van der Waals surface area contributed by atoms with Crippen LogP contribution < -0.4 is 0 Å². The Morgan fingerprint density at radius 2 is 2.36 bits per heavy atom. The average molecular weight is 158 g/mol. The fraction of sp³-hybridized carbons (Fsp3) is 0.714. The molecule has 0 aromatic carbocycles. The zero-order chi connectivity index (χ0) is 8.27. The third-order valence-corrected chi connectivity index (χ3v) is 1.67. The monoisotopic (exact) mass is 158 g/mol. The van der Waals surface area contributed by atoms with Crippen molar-refractivity contribution < 1.29 is 14.6 Å². The van der Waals surface area contributed by atoms with Crippen molar-refractivity contribution in [3.8, 4) is 0 Å². The molecule has 1 rings (SSSR count). The van der Waals surface area contributed by atoms with Crippen LogP contribution in [-0.4, -0.2) is 41.9 Å². The molecule has 11 heavy (non-hydrogen) atoms. The van der Waals surface area contributed by atoms with E-state index in [1.807, 2.05) is 0 Å². The number of ether oxygens (including phenoxy) is 1. The molecule has 1 saturated heterocycles. The molecule has 4 nitrogen and oxygen atoms in total. The highest BCUT2D eigenvalue weighted by atomic mass is 16.7. The first-order chi connectivity index (χ1) is 5.22. The quantitative estimate of drug-likeness (QED) is 0.611. The van der Waals surface area contributed by atoms with Crippen LogP contribution in [0.2, 0.25) is 0 Å². The maximum atomic E-state index is 10.0. The molecule has 63 valence electrons. The number of rotatable bonds is 3. The minimum Gasteiger partial charge on any atom is -0.450 e. The summed E-state index contributed by atoms with van der Waals surface area (Å²) in [5.41, 5.74) is 0. The number of nitrogens with zero attached hydrogens (tertiary/aromatic N) is 1. The maximum Gasteiger partial charge on any atom is 0.506 e. The molecule has 1 N–H and O–H groups in total. The standard InChI is InChI=1S/C7H12NO3/c1-2-3-8-4-6(5-8)11-7(9)10/h6H,1-5H2,(H,9,10). The van der Waals surface area contributed by atoms with E-state index in [2.05, 4.69) is 16.6 Å². The minimum atomic E-state index is -1.18. The zero-order valence-corrected chi connectivity index (χ0v) is 6.32. The SMILES string of the molecule is [CH2]CCN1CC(OC(=O)O)C1. The molecule has 0 unspecified atom stereocenters. The molecule has 0 spiro atoms. The second-order valence-electron chi connectivity index (χ2n) is 2.62. The summed E-state index contributed by atoms with van der Waals surface area (Å²) in [4.78, 5) is 12.1. The van der Waals surface area contributed by atoms with E-state index in [-0.39, 0.29) is 6.10 Å². The van der Waals surface area contributed by atoms with Crippen LogP contribution in [-0.2, 0) is 4.74 Å². The molecule has 1 aliphatic rings. The van der Waals surface area contributed by atoms with Crippen molar-refractivity contribution in [1.82, 2.24) is 4.90 Å². The lowest BCUT2D eigenvalue weighted by atomic mass is 10.1. The molecule has 1 heterocycles. The summed E-state index contributed by atoms with van der Waals surface area (Å²) in [6, 6.07) is 0. The van der Waals surface area contributed by atoms with Gasteiger partial charge in [-0.1, -0.05) is 6.92 Å². The molecule has 1 radical (unpaired) electrons. The van der Waals surface area contributed by atoms with E-state index in [9.17, 15) is 4.79 Å². The predicted octanol–water partition coefficient (Wildman–Crippen LogP) is 0.589. The molecule has 0 bridgehead atoms. The van der Waals surface area contributed by atoms with Crippen molar-refractivity contribution in [2.24, 2.45) is 0 Å². The summed E-state index contributed by atoms with van der Waals surface area (Å²) in [6.07, 6.45) is -0.428. The first-order valence-corrected chi connectivity index (χ1v) is 3.63. The molecule has 0 aromatic heterocycles. The van der Waals surface area contributed by atoms with Crippen molar-refractivity contribution in [2.45, 2.75) is 12.5 Å². The third kappa shape index (κ3) is 2.38. The van der Waals surface area contributed by atoms with E-state index in [1.165, 1.54) is 0 Å². The highest BCUT2D eigenvalue weighted by Crippen LogP contribution is 2.11. The third-order valence-electron chi connectivity index (χ3n) is 1.67. The van der Waals surface area contributed by atoms with Crippen LogP contribution in [0, 0.1) is 6.92 Å². The molecule has 0 aliphatic carbocycles. The fourth-order valence-corrected chi connectivity index (χ4v) is 1.15. The van der Waals surface area contributed by atoms with Gasteiger partial charge in [0, 0.05) is 13.1 Å². The number of hydrogen-bond donors (Lipinski definition) is 1. The van der Waals surface area contributed by atoms with Gasteiger partial charge in [-0.2, -0.15) is 0 Å². The lowest BCUT2D eigenvalue weighted by molar-refractivity contribution is -0.0321. The summed E-state index contributed by atoms with van der Waals surface area (Å²) in [5, 5.41) is 8.21. The van der Waals surface area contributed by atoms with Gasteiger partial charge in [-0.3, -0.25) is 4.90 Å². The van der Waals surface area contributed by atoms with Gasteiger partial charge in [-0.25, -0.2) is 4.79 Å². The molecule has 0 atom stereocenters. The van der Waals surface area contributed by atoms with Gasteiger partial charge in [-0.05, 0) is 13.0 Å². The molecular weight excluding hydrogens is 146 g/mol.